The zero-order valence-electron chi connectivity index (χ0n) is 26.5. The Morgan fingerprint density at radius 3 is 2.21 bits per heavy atom. The number of halogens is 3. The van der Waals surface area contributed by atoms with Gasteiger partial charge >= 0.3 is 12.1 Å². The summed E-state index contributed by atoms with van der Waals surface area (Å²) in [7, 11) is 0. The molecular weight excluding hydrogens is 609 g/mol. The molecule has 1 atom stereocenters. The molecule has 5 N–H and O–H groups in total. The highest BCUT2D eigenvalue weighted by Crippen LogP contribution is 2.26. The number of carboxylic acid groups (broad SMARTS) is 1. The number of benzene rings is 3. The van der Waals surface area contributed by atoms with E-state index in [4.69, 9.17) is 20.7 Å². The summed E-state index contributed by atoms with van der Waals surface area (Å²) < 4.78 is 33.9. The number of nitrogens with zero attached hydrogens (tertiary/aromatic N) is 3. The Morgan fingerprint density at radius 1 is 0.936 bits per heavy atom. The summed E-state index contributed by atoms with van der Waals surface area (Å²) in [6.07, 6.45) is 0.181. The van der Waals surface area contributed by atoms with Gasteiger partial charge in [-0.3, -0.25) is 4.79 Å². The predicted octanol–water partition coefficient (Wildman–Crippen LogP) is 6.06. The van der Waals surface area contributed by atoms with Crippen LogP contribution < -0.4 is 11.1 Å². The highest BCUT2D eigenvalue weighted by atomic mass is 19.4. The summed E-state index contributed by atoms with van der Waals surface area (Å²) in [6.45, 7) is 6.15. The van der Waals surface area contributed by atoms with Gasteiger partial charge in [-0.1, -0.05) is 78.4 Å². The van der Waals surface area contributed by atoms with E-state index in [-0.39, 0.29) is 5.91 Å². The molecule has 0 radical (unpaired) electrons. The Balaban J connectivity index is 0.000000644. The largest absolute Gasteiger partial charge is 0.490 e. The Kier molecular flexibility index (Phi) is 11.2. The van der Waals surface area contributed by atoms with Gasteiger partial charge in [0.2, 0.25) is 5.91 Å². The first-order valence-corrected chi connectivity index (χ1v) is 15.2. The lowest BCUT2D eigenvalue weighted by Crippen LogP contribution is -2.50. The molecule has 5 aromatic rings. The molecule has 12 heteroatoms. The predicted molar refractivity (Wildman–Crippen MR) is 174 cm³/mol. The van der Waals surface area contributed by atoms with Gasteiger partial charge in [0.15, 0.2) is 5.82 Å². The minimum atomic E-state index is -5.08. The highest BCUT2D eigenvalue weighted by molar-refractivity contribution is 5.86. The van der Waals surface area contributed by atoms with Crippen molar-refractivity contribution in [2.24, 2.45) is 5.73 Å². The number of nitrogens with one attached hydrogen (secondary N) is 2. The second-order valence-corrected chi connectivity index (χ2v) is 12.0. The van der Waals surface area contributed by atoms with E-state index in [0.29, 0.717) is 13.0 Å². The lowest BCUT2D eigenvalue weighted by atomic mass is 10.0. The van der Waals surface area contributed by atoms with Crippen LogP contribution in [0, 0.1) is 6.92 Å². The minimum absolute atomic E-state index is 0.229. The molecule has 0 spiro atoms. The molecule has 0 aliphatic carbocycles. The number of amides is 1. The van der Waals surface area contributed by atoms with Crippen LogP contribution in [0.25, 0.3) is 10.9 Å². The summed E-state index contributed by atoms with van der Waals surface area (Å²) in [5.74, 6) is -1.34. The van der Waals surface area contributed by atoms with Gasteiger partial charge in [0, 0.05) is 29.9 Å². The molecule has 0 bridgehead atoms. The first-order chi connectivity index (χ1) is 22.2. The Labute approximate surface area is 271 Å². The van der Waals surface area contributed by atoms with Gasteiger partial charge in [-0.25, -0.2) is 4.79 Å². The quantitative estimate of drug-likeness (QED) is 0.137. The second-order valence-electron chi connectivity index (χ2n) is 12.0. The van der Waals surface area contributed by atoms with E-state index in [1.807, 2.05) is 24.4 Å². The van der Waals surface area contributed by atoms with Crippen LogP contribution in [0.1, 0.15) is 60.2 Å². The third kappa shape index (κ3) is 9.76. The maximum atomic E-state index is 13.2. The molecule has 5 rings (SSSR count). The van der Waals surface area contributed by atoms with Gasteiger partial charge < -0.3 is 25.7 Å². The number of alkyl halides is 3. The SMILES string of the molecule is Cc1ccc(Cn2c(CCCc3ccccc3)nnc2[C@@H](Cc2c[nH]c3ccccc23)NC(=O)C(C)(C)N)cc1.O=C(O)C(F)(F)F. The molecule has 0 aliphatic heterocycles. The fourth-order valence-corrected chi connectivity index (χ4v) is 5.01. The normalized spacial score (nSPS) is 12.3. The van der Waals surface area contributed by atoms with E-state index in [2.05, 4.69) is 87.6 Å². The van der Waals surface area contributed by atoms with Gasteiger partial charge in [-0.2, -0.15) is 13.2 Å². The van der Waals surface area contributed by atoms with E-state index < -0.39 is 23.7 Å². The van der Waals surface area contributed by atoms with Gasteiger partial charge in [0.25, 0.3) is 0 Å². The lowest BCUT2D eigenvalue weighted by molar-refractivity contribution is -0.192. The lowest BCUT2D eigenvalue weighted by Gasteiger charge is -2.25. The number of H-pyrrole nitrogens is 1. The molecule has 0 saturated heterocycles. The number of carbonyl (C=O) groups is 2. The van der Waals surface area contributed by atoms with Gasteiger partial charge in [0.05, 0.1) is 18.1 Å². The molecule has 3 aromatic carbocycles. The van der Waals surface area contributed by atoms with E-state index in [9.17, 15) is 18.0 Å². The molecule has 47 heavy (non-hydrogen) atoms. The van der Waals surface area contributed by atoms with Gasteiger partial charge in [-0.05, 0) is 56.4 Å². The zero-order chi connectivity index (χ0) is 34.2. The Bertz CT molecular complexity index is 1770. The number of nitrogens with two attached hydrogens (primary N) is 1. The van der Waals surface area contributed by atoms with E-state index in [1.54, 1.807) is 13.8 Å². The fraction of sp³-hybridized carbons (Fsp3) is 0.314. The van der Waals surface area contributed by atoms with Crippen LogP contribution in [0.5, 0.6) is 0 Å². The van der Waals surface area contributed by atoms with E-state index in [1.165, 1.54) is 11.1 Å². The maximum absolute atomic E-state index is 13.2. The summed E-state index contributed by atoms with van der Waals surface area (Å²) in [5.41, 5.74) is 11.0. The van der Waals surface area contributed by atoms with E-state index >= 15 is 0 Å². The molecule has 2 aromatic heterocycles. The number of hydrogen-bond donors (Lipinski definition) is 4. The van der Waals surface area contributed by atoms with Crippen molar-refractivity contribution in [2.75, 3.05) is 0 Å². The number of aryl methyl sites for hydroxylation is 3. The summed E-state index contributed by atoms with van der Waals surface area (Å²) in [6, 6.07) is 26.8. The molecule has 248 valence electrons. The first-order valence-electron chi connectivity index (χ1n) is 15.2. The van der Waals surface area contributed by atoms with E-state index in [0.717, 1.165) is 52.9 Å². The number of fused-ring (bicyclic) bond motifs is 1. The molecule has 9 nitrogen and oxygen atoms in total. The number of aromatic nitrogens is 4. The number of rotatable bonds is 11. The van der Waals surface area contributed by atoms with Crippen LogP contribution in [0.3, 0.4) is 0 Å². The van der Waals surface area contributed by atoms with Crippen molar-refractivity contribution in [1.82, 2.24) is 25.1 Å². The number of carboxylic acids is 1. The topological polar surface area (TPSA) is 139 Å². The van der Waals surface area contributed by atoms with Crippen LogP contribution in [0.15, 0.2) is 85.1 Å². The monoisotopic (exact) mass is 648 g/mol. The third-order valence-electron chi connectivity index (χ3n) is 7.57. The van der Waals surface area contributed by atoms with Crippen molar-refractivity contribution in [3.05, 3.63) is 119 Å². The third-order valence-corrected chi connectivity index (χ3v) is 7.57. The summed E-state index contributed by atoms with van der Waals surface area (Å²) in [4.78, 5) is 25.4. The van der Waals surface area contributed by atoms with Crippen LogP contribution in [0.4, 0.5) is 13.2 Å². The standard InChI is InChI=1S/C33H38N6O.C2HF3O2/c1-23-16-18-25(19-17-23)22-39-30(15-9-12-24-10-5-4-6-11-24)37-38-31(39)29(36-32(40)33(2,3)34)20-26-21-35-28-14-8-7-13-27(26)28;3-2(4,5)1(6)7/h4-8,10-11,13-14,16-19,21,29,35H,9,12,15,20,22,34H2,1-3H3,(H,36,40);(H,6,7)/t29-;/m1./s1. The van der Waals surface area contributed by atoms with Crippen molar-refractivity contribution in [2.45, 2.75) is 70.8 Å². The Hall–Kier alpha value is -4.97. The van der Waals surface area contributed by atoms with Crippen LogP contribution in [0.2, 0.25) is 0 Å². The number of aliphatic carboxylic acids is 1. The van der Waals surface area contributed by atoms with Crippen LogP contribution in [-0.2, 0) is 35.4 Å². The molecule has 0 fully saturated rings. The summed E-state index contributed by atoms with van der Waals surface area (Å²) in [5, 5.41) is 20.8. The van der Waals surface area contributed by atoms with Crippen LogP contribution in [-0.4, -0.2) is 48.4 Å². The van der Waals surface area contributed by atoms with Crippen molar-refractivity contribution >= 4 is 22.8 Å². The molecule has 1 amide bonds. The maximum Gasteiger partial charge on any atom is 0.490 e. The average Bonchev–Trinajstić information content (AvgIpc) is 3.61. The average molecular weight is 649 g/mol. The molecule has 0 unspecified atom stereocenters. The van der Waals surface area contributed by atoms with Crippen molar-refractivity contribution in [1.29, 1.82) is 0 Å². The Morgan fingerprint density at radius 2 is 1.57 bits per heavy atom. The number of hydrogen-bond acceptors (Lipinski definition) is 5. The number of carbonyl (C=O) groups excluding carboxylic acids is 1. The van der Waals surface area contributed by atoms with Crippen molar-refractivity contribution < 1.29 is 27.9 Å². The molecule has 2 heterocycles. The fourth-order valence-electron chi connectivity index (χ4n) is 5.01. The molecule has 0 aliphatic rings. The van der Waals surface area contributed by atoms with Crippen LogP contribution >= 0.6 is 0 Å². The van der Waals surface area contributed by atoms with Gasteiger partial charge in [0.1, 0.15) is 5.82 Å². The molecular formula is C35H39F3N6O3. The smallest absolute Gasteiger partial charge is 0.475 e. The van der Waals surface area contributed by atoms with Gasteiger partial charge in [-0.15, -0.1) is 10.2 Å². The second kappa shape index (κ2) is 15.1. The minimum Gasteiger partial charge on any atom is -0.475 e. The number of aromatic amines is 1. The first kappa shape index (κ1) is 34.9. The number of para-hydroxylation sites is 1. The summed E-state index contributed by atoms with van der Waals surface area (Å²) >= 11 is 0. The van der Waals surface area contributed by atoms with Crippen molar-refractivity contribution in [3.8, 4) is 0 Å². The van der Waals surface area contributed by atoms with Crippen molar-refractivity contribution in [3.63, 3.8) is 0 Å². The zero-order valence-corrected chi connectivity index (χ0v) is 26.5. The molecule has 0 saturated carbocycles. The highest BCUT2D eigenvalue weighted by Gasteiger charge is 2.38.